The number of Topliss-reactive ketones (excluding diaryl/α,β-unsaturated/α-hetero) is 3. The molecule has 38 heavy (non-hydrogen) atoms. The van der Waals surface area contributed by atoms with Crippen LogP contribution in [0.3, 0.4) is 0 Å². The Bertz CT molecular complexity index is 1250. The summed E-state index contributed by atoms with van der Waals surface area (Å²) in [5.41, 5.74) is 11.9. The Kier molecular flexibility index (Phi) is 9.68. The number of aryl methyl sites for hydroxylation is 1. The van der Waals surface area contributed by atoms with Crippen LogP contribution in [-0.2, 0) is 9.59 Å². The number of benzene rings is 2. The molecule has 0 heterocycles. The molecule has 1 aliphatic rings. The van der Waals surface area contributed by atoms with E-state index in [1.165, 1.54) is 45.9 Å². The van der Waals surface area contributed by atoms with Gasteiger partial charge in [-0.3, -0.25) is 14.4 Å². The molecule has 0 N–H and O–H groups in total. The van der Waals surface area contributed by atoms with Gasteiger partial charge >= 0.3 is 0 Å². The SMILES string of the molecule is CCCC(CC1CC(=O)c2c(C)cccc2C1=Cc1c(C)c(C)c(C)c(C)c1C)C(CC)C(=O)CC(C)=O. The number of hydrogen-bond acceptors (Lipinski definition) is 3. The molecule has 3 unspecified atom stereocenters. The molecule has 0 saturated heterocycles. The Morgan fingerprint density at radius 3 is 2.11 bits per heavy atom. The normalized spacial score (nSPS) is 17.9. The van der Waals surface area contributed by atoms with E-state index < -0.39 is 0 Å². The van der Waals surface area contributed by atoms with Crippen LogP contribution in [0.1, 0.15) is 114 Å². The lowest BCUT2D eigenvalue weighted by molar-refractivity contribution is -0.129. The van der Waals surface area contributed by atoms with E-state index in [-0.39, 0.29) is 41.5 Å². The quantitative estimate of drug-likeness (QED) is 0.298. The Morgan fingerprint density at radius 1 is 0.947 bits per heavy atom. The van der Waals surface area contributed by atoms with Gasteiger partial charge < -0.3 is 0 Å². The number of ketones is 3. The van der Waals surface area contributed by atoms with Crippen LogP contribution in [0.15, 0.2) is 18.2 Å². The summed E-state index contributed by atoms with van der Waals surface area (Å²) in [6.07, 6.45) is 6.21. The average molecular weight is 515 g/mol. The van der Waals surface area contributed by atoms with Crippen molar-refractivity contribution in [2.45, 2.75) is 101 Å². The van der Waals surface area contributed by atoms with Crippen LogP contribution < -0.4 is 0 Å². The zero-order valence-electron chi connectivity index (χ0n) is 25.0. The van der Waals surface area contributed by atoms with Crippen molar-refractivity contribution in [2.24, 2.45) is 17.8 Å². The molecule has 0 spiro atoms. The van der Waals surface area contributed by atoms with Gasteiger partial charge in [0.25, 0.3) is 0 Å². The van der Waals surface area contributed by atoms with Gasteiger partial charge in [0.05, 0.1) is 6.42 Å². The van der Waals surface area contributed by atoms with E-state index in [9.17, 15) is 14.4 Å². The average Bonchev–Trinajstić information content (AvgIpc) is 2.85. The summed E-state index contributed by atoms with van der Waals surface area (Å²) in [6, 6.07) is 6.18. The van der Waals surface area contributed by atoms with Crippen molar-refractivity contribution in [3.63, 3.8) is 0 Å². The maximum Gasteiger partial charge on any atom is 0.164 e. The second kappa shape index (κ2) is 12.4. The number of rotatable bonds is 10. The number of carbonyl (C=O) groups is 3. The molecular formula is C35H46O3. The van der Waals surface area contributed by atoms with Crippen molar-refractivity contribution in [2.75, 3.05) is 0 Å². The van der Waals surface area contributed by atoms with E-state index in [0.29, 0.717) is 6.42 Å². The lowest BCUT2D eigenvalue weighted by Crippen LogP contribution is -2.29. The molecule has 204 valence electrons. The van der Waals surface area contributed by atoms with Crippen molar-refractivity contribution in [1.82, 2.24) is 0 Å². The third-order valence-electron chi connectivity index (χ3n) is 9.18. The fraction of sp³-hybridized carbons (Fsp3) is 0.514. The first-order valence-electron chi connectivity index (χ1n) is 14.4. The van der Waals surface area contributed by atoms with Crippen molar-refractivity contribution in [1.29, 1.82) is 0 Å². The molecule has 3 rings (SSSR count). The lowest BCUT2D eigenvalue weighted by Gasteiger charge is -2.34. The molecule has 0 aliphatic heterocycles. The first-order valence-corrected chi connectivity index (χ1v) is 14.4. The van der Waals surface area contributed by atoms with Gasteiger partial charge in [-0.25, -0.2) is 0 Å². The summed E-state index contributed by atoms with van der Waals surface area (Å²) < 4.78 is 0. The van der Waals surface area contributed by atoms with Gasteiger partial charge in [0, 0.05) is 17.9 Å². The van der Waals surface area contributed by atoms with Crippen molar-refractivity contribution >= 4 is 29.0 Å². The van der Waals surface area contributed by atoms with Gasteiger partial charge in [-0.1, -0.05) is 44.5 Å². The minimum Gasteiger partial charge on any atom is -0.300 e. The Balaban J connectivity index is 2.19. The molecule has 0 bridgehead atoms. The Hall–Kier alpha value is -2.81. The fourth-order valence-electron chi connectivity index (χ4n) is 6.66. The Labute approximate surface area is 230 Å². The first-order chi connectivity index (χ1) is 17.9. The van der Waals surface area contributed by atoms with Crippen LogP contribution in [0.4, 0.5) is 0 Å². The summed E-state index contributed by atoms with van der Waals surface area (Å²) >= 11 is 0. The molecule has 0 fully saturated rings. The number of fused-ring (bicyclic) bond motifs is 1. The monoisotopic (exact) mass is 514 g/mol. The van der Waals surface area contributed by atoms with Crippen molar-refractivity contribution < 1.29 is 14.4 Å². The number of hydrogen-bond donors (Lipinski definition) is 0. The lowest BCUT2D eigenvalue weighted by atomic mass is 9.69. The van der Waals surface area contributed by atoms with Gasteiger partial charge in [-0.15, -0.1) is 0 Å². The van der Waals surface area contributed by atoms with Gasteiger partial charge in [-0.2, -0.15) is 0 Å². The molecule has 0 saturated carbocycles. The molecule has 3 heteroatoms. The molecule has 0 amide bonds. The van der Waals surface area contributed by atoms with Crippen LogP contribution in [-0.4, -0.2) is 17.3 Å². The summed E-state index contributed by atoms with van der Waals surface area (Å²) in [4.78, 5) is 38.4. The highest BCUT2D eigenvalue weighted by Gasteiger charge is 2.35. The summed E-state index contributed by atoms with van der Waals surface area (Å²) in [5, 5.41) is 0. The van der Waals surface area contributed by atoms with Crippen LogP contribution >= 0.6 is 0 Å². The van der Waals surface area contributed by atoms with E-state index in [0.717, 1.165) is 42.4 Å². The molecule has 2 aromatic rings. The van der Waals surface area contributed by atoms with E-state index in [1.807, 2.05) is 13.0 Å². The topological polar surface area (TPSA) is 51.2 Å². The van der Waals surface area contributed by atoms with Gasteiger partial charge in [0.15, 0.2) is 5.78 Å². The fourth-order valence-corrected chi connectivity index (χ4v) is 6.66. The molecule has 0 radical (unpaired) electrons. The smallest absolute Gasteiger partial charge is 0.164 e. The Morgan fingerprint density at radius 2 is 1.55 bits per heavy atom. The van der Waals surface area contributed by atoms with E-state index in [1.54, 1.807) is 0 Å². The standard InChI is InChI=1S/C35H46O3/c1-10-13-27(29(11-2)33(37)16-21(4)36)17-28-18-34(38)35-20(3)14-12-15-30(35)32(28)19-31-25(8)23(6)22(5)24(7)26(31)9/h12,14-15,19,27-29H,10-11,13,16-18H2,1-9H3. The first kappa shape index (κ1) is 29.7. The summed E-state index contributed by atoms with van der Waals surface area (Å²) in [7, 11) is 0. The molecule has 1 aliphatic carbocycles. The zero-order valence-corrected chi connectivity index (χ0v) is 25.0. The van der Waals surface area contributed by atoms with Gasteiger partial charge in [-0.05, 0) is 130 Å². The highest BCUT2D eigenvalue weighted by Crippen LogP contribution is 2.44. The summed E-state index contributed by atoms with van der Waals surface area (Å²) in [5.74, 6) is 0.211. The minimum absolute atomic E-state index is 0.00729. The van der Waals surface area contributed by atoms with Crippen molar-refractivity contribution in [3.05, 3.63) is 68.3 Å². The second-order valence-corrected chi connectivity index (χ2v) is 11.6. The van der Waals surface area contributed by atoms with Gasteiger partial charge in [0.1, 0.15) is 11.6 Å². The molecule has 3 atom stereocenters. The van der Waals surface area contributed by atoms with Crippen molar-refractivity contribution in [3.8, 4) is 0 Å². The maximum atomic E-state index is 13.5. The van der Waals surface area contributed by atoms with Crippen LogP contribution in [0.5, 0.6) is 0 Å². The molecule has 0 aromatic heterocycles. The zero-order chi connectivity index (χ0) is 28.3. The third-order valence-corrected chi connectivity index (χ3v) is 9.18. The highest BCUT2D eigenvalue weighted by atomic mass is 16.1. The van der Waals surface area contributed by atoms with Crippen LogP contribution in [0.25, 0.3) is 11.6 Å². The van der Waals surface area contributed by atoms with Crippen LogP contribution in [0, 0.1) is 59.3 Å². The molecular weight excluding hydrogens is 468 g/mol. The van der Waals surface area contributed by atoms with E-state index in [2.05, 4.69) is 66.7 Å². The predicted molar refractivity (Wildman–Crippen MR) is 159 cm³/mol. The predicted octanol–water partition coefficient (Wildman–Crippen LogP) is 8.66. The summed E-state index contributed by atoms with van der Waals surface area (Å²) in [6.45, 7) is 18.7. The van der Waals surface area contributed by atoms with E-state index >= 15 is 0 Å². The molecule has 2 aromatic carbocycles. The molecule has 3 nitrogen and oxygen atoms in total. The largest absolute Gasteiger partial charge is 0.300 e. The second-order valence-electron chi connectivity index (χ2n) is 11.6. The van der Waals surface area contributed by atoms with Gasteiger partial charge in [0.2, 0.25) is 0 Å². The van der Waals surface area contributed by atoms with E-state index in [4.69, 9.17) is 0 Å². The minimum atomic E-state index is -0.151. The highest BCUT2D eigenvalue weighted by molar-refractivity contribution is 6.08. The van der Waals surface area contributed by atoms with Crippen LogP contribution in [0.2, 0.25) is 0 Å². The number of allylic oxidation sites excluding steroid dienone is 1. The number of carbonyl (C=O) groups excluding carboxylic acids is 3. The third kappa shape index (κ3) is 5.92. The maximum absolute atomic E-state index is 13.5.